The Balaban J connectivity index is 2.34. The summed E-state index contributed by atoms with van der Waals surface area (Å²) in [5.41, 5.74) is -0.178. The fourth-order valence-corrected chi connectivity index (χ4v) is 4.35. The van der Waals surface area contributed by atoms with Crippen LogP contribution < -0.4 is 0 Å². The molecular weight excluding hydrogens is 292 g/mol. The Morgan fingerprint density at radius 1 is 1.33 bits per heavy atom. The molecule has 1 aromatic rings. The van der Waals surface area contributed by atoms with Crippen molar-refractivity contribution in [3.8, 4) is 0 Å². The molecule has 1 fully saturated rings. The highest BCUT2D eigenvalue weighted by molar-refractivity contribution is 7.89. The fraction of sp³-hybridized carbons (Fsp3) is 0.500. The molecule has 0 saturated carbocycles. The van der Waals surface area contributed by atoms with Gasteiger partial charge >= 0.3 is 5.97 Å². The maximum Gasteiger partial charge on any atom is 0.337 e. The molecule has 6 nitrogen and oxygen atoms in total. The molecule has 0 aliphatic carbocycles. The summed E-state index contributed by atoms with van der Waals surface area (Å²) in [5.74, 6) is -1.23. The summed E-state index contributed by atoms with van der Waals surface area (Å²) in [6, 6.07) is 5.87. The Morgan fingerprint density at radius 2 is 2.00 bits per heavy atom. The van der Waals surface area contributed by atoms with Crippen molar-refractivity contribution >= 4 is 16.0 Å². The molecule has 2 rings (SSSR count). The third-order valence-corrected chi connectivity index (χ3v) is 5.79. The third kappa shape index (κ3) is 3.09. The van der Waals surface area contributed by atoms with E-state index in [1.807, 2.05) is 13.8 Å². The Kier molecular flexibility index (Phi) is 4.65. The second kappa shape index (κ2) is 6.13. The van der Waals surface area contributed by atoms with Crippen molar-refractivity contribution in [3.05, 3.63) is 29.8 Å². The minimum absolute atomic E-state index is 0.121. The second-order valence-electron chi connectivity index (χ2n) is 5.14. The average Bonchev–Trinajstić information content (AvgIpc) is 2.47. The van der Waals surface area contributed by atoms with Gasteiger partial charge in [0.1, 0.15) is 0 Å². The Labute approximate surface area is 125 Å². The quantitative estimate of drug-likeness (QED) is 0.901. The van der Waals surface area contributed by atoms with Gasteiger partial charge in [-0.3, -0.25) is 4.90 Å². The highest BCUT2D eigenvalue weighted by Gasteiger charge is 2.33. The number of carbonyl (C=O) groups is 1. The zero-order chi connectivity index (χ0) is 15.6. The van der Waals surface area contributed by atoms with Gasteiger partial charge < -0.3 is 5.11 Å². The van der Waals surface area contributed by atoms with Crippen molar-refractivity contribution in [2.45, 2.75) is 24.8 Å². The highest BCUT2D eigenvalue weighted by Crippen LogP contribution is 2.23. The van der Waals surface area contributed by atoms with E-state index in [2.05, 4.69) is 4.90 Å². The van der Waals surface area contributed by atoms with Crippen molar-refractivity contribution < 1.29 is 18.3 Å². The number of hydrogen-bond donors (Lipinski definition) is 1. The number of carboxylic acid groups (broad SMARTS) is 1. The summed E-state index contributed by atoms with van der Waals surface area (Å²) >= 11 is 0. The lowest BCUT2D eigenvalue weighted by Crippen LogP contribution is -2.53. The molecule has 0 amide bonds. The van der Waals surface area contributed by atoms with Gasteiger partial charge in [0.05, 0.1) is 10.5 Å². The predicted octanol–water partition coefficient (Wildman–Crippen LogP) is 1.10. The number of hydrogen-bond acceptors (Lipinski definition) is 4. The summed E-state index contributed by atoms with van der Waals surface area (Å²) in [6.45, 7) is 6.32. The van der Waals surface area contributed by atoms with Gasteiger partial charge in [-0.1, -0.05) is 19.1 Å². The minimum Gasteiger partial charge on any atom is -0.478 e. The van der Waals surface area contributed by atoms with E-state index in [0.717, 1.165) is 6.54 Å². The number of benzene rings is 1. The van der Waals surface area contributed by atoms with Crippen LogP contribution in [-0.2, 0) is 10.0 Å². The van der Waals surface area contributed by atoms with Gasteiger partial charge in [0.2, 0.25) is 10.0 Å². The first-order valence-electron chi connectivity index (χ1n) is 6.94. The largest absolute Gasteiger partial charge is 0.478 e. The highest BCUT2D eigenvalue weighted by atomic mass is 32.2. The van der Waals surface area contributed by atoms with E-state index >= 15 is 0 Å². The van der Waals surface area contributed by atoms with E-state index in [9.17, 15) is 13.2 Å². The molecule has 1 aromatic carbocycles. The SMILES string of the molecule is CCN1CCN(S(=O)(=O)c2ccccc2C(=O)O)CC1C. The van der Waals surface area contributed by atoms with Gasteiger partial charge in [0.15, 0.2) is 0 Å². The van der Waals surface area contributed by atoms with Crippen LogP contribution in [0.1, 0.15) is 24.2 Å². The average molecular weight is 312 g/mol. The lowest BCUT2D eigenvalue weighted by Gasteiger charge is -2.38. The molecule has 1 unspecified atom stereocenters. The van der Waals surface area contributed by atoms with Crippen LogP contribution in [-0.4, -0.2) is 60.9 Å². The molecule has 1 saturated heterocycles. The maximum atomic E-state index is 12.7. The number of rotatable bonds is 4. The topological polar surface area (TPSA) is 77.9 Å². The zero-order valence-electron chi connectivity index (χ0n) is 12.2. The molecule has 21 heavy (non-hydrogen) atoms. The number of sulfonamides is 1. The van der Waals surface area contributed by atoms with Gasteiger partial charge in [-0.05, 0) is 25.6 Å². The smallest absolute Gasteiger partial charge is 0.337 e. The summed E-state index contributed by atoms with van der Waals surface area (Å²) in [4.78, 5) is 13.3. The number of likely N-dealkylation sites (N-methyl/N-ethyl adjacent to an activating group) is 1. The minimum atomic E-state index is -3.78. The second-order valence-corrected chi connectivity index (χ2v) is 7.05. The number of piperazine rings is 1. The van der Waals surface area contributed by atoms with Crippen molar-refractivity contribution in [2.75, 3.05) is 26.2 Å². The van der Waals surface area contributed by atoms with Crippen LogP contribution in [0.4, 0.5) is 0 Å². The Bertz CT molecular complexity index is 630. The Hall–Kier alpha value is -1.44. The summed E-state index contributed by atoms with van der Waals surface area (Å²) in [5, 5.41) is 9.17. The molecular formula is C14H20N2O4S. The van der Waals surface area contributed by atoms with E-state index in [4.69, 9.17) is 5.11 Å². The monoisotopic (exact) mass is 312 g/mol. The molecule has 0 aromatic heterocycles. The standard InChI is InChI=1S/C14H20N2O4S/c1-3-15-8-9-16(10-11(15)2)21(19,20)13-7-5-4-6-12(13)14(17)18/h4-7,11H,3,8-10H2,1-2H3,(H,17,18). The molecule has 116 valence electrons. The Morgan fingerprint density at radius 3 is 2.57 bits per heavy atom. The lowest BCUT2D eigenvalue weighted by molar-refractivity contribution is 0.0692. The van der Waals surface area contributed by atoms with Gasteiger partial charge in [-0.15, -0.1) is 0 Å². The first kappa shape index (κ1) is 15.9. The molecule has 1 heterocycles. The van der Waals surface area contributed by atoms with E-state index in [-0.39, 0.29) is 16.5 Å². The van der Waals surface area contributed by atoms with Crippen LogP contribution in [0.3, 0.4) is 0 Å². The molecule has 1 N–H and O–H groups in total. The first-order valence-corrected chi connectivity index (χ1v) is 8.38. The van der Waals surface area contributed by atoms with E-state index in [0.29, 0.717) is 19.6 Å². The van der Waals surface area contributed by atoms with Crippen molar-refractivity contribution in [2.24, 2.45) is 0 Å². The van der Waals surface area contributed by atoms with Crippen LogP contribution in [0.5, 0.6) is 0 Å². The summed E-state index contributed by atoms with van der Waals surface area (Å²) < 4.78 is 26.8. The van der Waals surface area contributed by atoms with Gasteiger partial charge in [0, 0.05) is 25.7 Å². The van der Waals surface area contributed by atoms with Crippen molar-refractivity contribution in [3.63, 3.8) is 0 Å². The van der Waals surface area contributed by atoms with Crippen molar-refractivity contribution in [1.82, 2.24) is 9.21 Å². The van der Waals surface area contributed by atoms with E-state index in [1.54, 1.807) is 6.07 Å². The molecule has 1 aliphatic rings. The molecule has 1 aliphatic heterocycles. The fourth-order valence-electron chi connectivity index (χ4n) is 2.66. The molecule has 7 heteroatoms. The van der Waals surface area contributed by atoms with Gasteiger partial charge in [-0.25, -0.2) is 13.2 Å². The first-order chi connectivity index (χ1) is 9.87. The van der Waals surface area contributed by atoms with Crippen LogP contribution >= 0.6 is 0 Å². The molecule has 0 radical (unpaired) electrons. The van der Waals surface area contributed by atoms with Crippen LogP contribution in [0.2, 0.25) is 0 Å². The van der Waals surface area contributed by atoms with Gasteiger partial charge in [0.25, 0.3) is 0 Å². The third-order valence-electron chi connectivity index (χ3n) is 3.87. The van der Waals surface area contributed by atoms with Gasteiger partial charge in [-0.2, -0.15) is 4.31 Å². The zero-order valence-corrected chi connectivity index (χ0v) is 13.0. The van der Waals surface area contributed by atoms with E-state index < -0.39 is 16.0 Å². The summed E-state index contributed by atoms with van der Waals surface area (Å²) in [7, 11) is -3.78. The molecule has 0 bridgehead atoms. The maximum absolute atomic E-state index is 12.7. The molecule has 0 spiro atoms. The summed E-state index contributed by atoms with van der Waals surface area (Å²) in [6.07, 6.45) is 0. The van der Waals surface area contributed by atoms with Crippen LogP contribution in [0.25, 0.3) is 0 Å². The molecule has 1 atom stereocenters. The normalized spacial score (nSPS) is 21.3. The van der Waals surface area contributed by atoms with E-state index in [1.165, 1.54) is 22.5 Å². The van der Waals surface area contributed by atoms with Crippen LogP contribution in [0, 0.1) is 0 Å². The van der Waals surface area contributed by atoms with Crippen molar-refractivity contribution in [1.29, 1.82) is 0 Å². The van der Waals surface area contributed by atoms with Crippen LogP contribution in [0.15, 0.2) is 29.2 Å². The number of nitrogens with zero attached hydrogens (tertiary/aromatic N) is 2. The lowest BCUT2D eigenvalue weighted by atomic mass is 10.2. The number of aromatic carboxylic acids is 1. The number of carboxylic acids is 1. The predicted molar refractivity (Wildman–Crippen MR) is 78.9 cm³/mol.